The fraction of sp³-hybridized carbons (Fsp3) is 0.579. The predicted octanol–water partition coefficient (Wildman–Crippen LogP) is 3.15. The van der Waals surface area contributed by atoms with Crippen LogP contribution in [0.5, 0.6) is 0 Å². The Morgan fingerprint density at radius 1 is 1.28 bits per heavy atom. The number of amides is 1. The third-order valence-corrected chi connectivity index (χ3v) is 4.63. The third-order valence-electron chi connectivity index (χ3n) is 4.63. The fourth-order valence-electron chi connectivity index (χ4n) is 3.28. The first-order chi connectivity index (χ1) is 11.8. The maximum atomic E-state index is 12.1. The van der Waals surface area contributed by atoms with E-state index in [1.54, 1.807) is 4.90 Å². The zero-order chi connectivity index (χ0) is 18.1. The number of ether oxygens (including phenoxy) is 1. The van der Waals surface area contributed by atoms with E-state index in [1.807, 2.05) is 51.1 Å². The standard InChI is InChI=1S/C19H26N2O4/c1-18(2,3)24-17(22)21-11-9-15(10-12-21)19(23)13-16(20-25-19)14-7-5-4-6-8-14/h4-8,15,23H,9-13H2,1-3H3/t19-/m1/s1. The van der Waals surface area contributed by atoms with Crippen molar-refractivity contribution in [3.05, 3.63) is 35.9 Å². The molecular formula is C19H26N2O4. The molecular weight excluding hydrogens is 320 g/mol. The van der Waals surface area contributed by atoms with Gasteiger partial charge in [0.05, 0.1) is 12.1 Å². The highest BCUT2D eigenvalue weighted by Crippen LogP contribution is 2.37. The number of oxime groups is 1. The van der Waals surface area contributed by atoms with Crippen LogP contribution >= 0.6 is 0 Å². The molecule has 2 aliphatic rings. The molecule has 25 heavy (non-hydrogen) atoms. The summed E-state index contributed by atoms with van der Waals surface area (Å²) in [7, 11) is 0. The second-order valence-electron chi connectivity index (χ2n) is 7.76. The number of carbonyl (C=O) groups excluding carboxylic acids is 1. The minimum absolute atomic E-state index is 0.0591. The minimum atomic E-state index is -1.29. The number of piperidine rings is 1. The van der Waals surface area contributed by atoms with Gasteiger partial charge in [-0.2, -0.15) is 0 Å². The van der Waals surface area contributed by atoms with Gasteiger partial charge in [0.15, 0.2) is 0 Å². The molecule has 136 valence electrons. The summed E-state index contributed by atoms with van der Waals surface area (Å²) in [5.41, 5.74) is 1.22. The van der Waals surface area contributed by atoms with Crippen LogP contribution < -0.4 is 0 Å². The zero-order valence-electron chi connectivity index (χ0n) is 15.1. The second kappa shape index (κ2) is 6.67. The largest absolute Gasteiger partial charge is 0.444 e. The summed E-state index contributed by atoms with van der Waals surface area (Å²) in [6.45, 7) is 6.66. The van der Waals surface area contributed by atoms with Crippen LogP contribution in [-0.4, -0.2) is 46.3 Å². The summed E-state index contributed by atoms with van der Waals surface area (Å²) in [4.78, 5) is 19.3. The molecule has 6 heteroatoms. The average molecular weight is 346 g/mol. The van der Waals surface area contributed by atoms with Crippen molar-refractivity contribution in [2.24, 2.45) is 11.1 Å². The number of hydrogen-bond donors (Lipinski definition) is 1. The molecule has 0 saturated carbocycles. The van der Waals surface area contributed by atoms with Crippen molar-refractivity contribution < 1.29 is 19.5 Å². The van der Waals surface area contributed by atoms with Crippen LogP contribution in [0.15, 0.2) is 35.5 Å². The summed E-state index contributed by atoms with van der Waals surface area (Å²) >= 11 is 0. The third kappa shape index (κ3) is 4.12. The van der Waals surface area contributed by atoms with Crippen LogP contribution in [0, 0.1) is 5.92 Å². The van der Waals surface area contributed by atoms with E-state index in [0.29, 0.717) is 32.4 Å². The molecule has 1 saturated heterocycles. The van der Waals surface area contributed by atoms with Crippen molar-refractivity contribution in [1.29, 1.82) is 0 Å². The first-order valence-corrected chi connectivity index (χ1v) is 8.78. The Balaban J connectivity index is 1.56. The lowest BCUT2D eigenvalue weighted by atomic mass is 9.85. The number of hydrogen-bond acceptors (Lipinski definition) is 5. The first-order valence-electron chi connectivity index (χ1n) is 8.78. The Bertz CT molecular complexity index is 645. The van der Waals surface area contributed by atoms with Gasteiger partial charge in [-0.1, -0.05) is 35.5 Å². The maximum absolute atomic E-state index is 12.1. The Kier molecular flexibility index (Phi) is 4.73. The van der Waals surface area contributed by atoms with Gasteiger partial charge in [-0.15, -0.1) is 0 Å². The lowest BCUT2D eigenvalue weighted by molar-refractivity contribution is -0.227. The molecule has 0 unspecified atom stereocenters. The molecule has 0 radical (unpaired) electrons. The molecule has 2 heterocycles. The Morgan fingerprint density at radius 2 is 1.92 bits per heavy atom. The maximum Gasteiger partial charge on any atom is 0.410 e. The van der Waals surface area contributed by atoms with E-state index in [0.717, 1.165) is 11.3 Å². The van der Waals surface area contributed by atoms with Crippen molar-refractivity contribution in [3.63, 3.8) is 0 Å². The highest BCUT2D eigenvalue weighted by atomic mass is 16.7. The van der Waals surface area contributed by atoms with Crippen LogP contribution in [0.4, 0.5) is 4.79 Å². The van der Waals surface area contributed by atoms with Crippen LogP contribution in [0.3, 0.4) is 0 Å². The van der Waals surface area contributed by atoms with Crippen LogP contribution in [0.2, 0.25) is 0 Å². The predicted molar refractivity (Wildman–Crippen MR) is 94.2 cm³/mol. The Labute approximate surface area is 148 Å². The van der Waals surface area contributed by atoms with E-state index >= 15 is 0 Å². The van der Waals surface area contributed by atoms with Gasteiger partial charge >= 0.3 is 6.09 Å². The number of rotatable bonds is 2. The summed E-state index contributed by atoms with van der Waals surface area (Å²) < 4.78 is 5.41. The van der Waals surface area contributed by atoms with E-state index in [2.05, 4.69) is 5.16 Å². The quantitative estimate of drug-likeness (QED) is 0.893. The van der Waals surface area contributed by atoms with Crippen LogP contribution in [0.25, 0.3) is 0 Å². The highest BCUT2D eigenvalue weighted by molar-refractivity contribution is 6.01. The Hall–Kier alpha value is -2.08. The lowest BCUT2D eigenvalue weighted by Crippen LogP contribution is -2.48. The van der Waals surface area contributed by atoms with Gasteiger partial charge in [0, 0.05) is 19.0 Å². The summed E-state index contributed by atoms with van der Waals surface area (Å²) in [6.07, 6.45) is 1.39. The van der Waals surface area contributed by atoms with Gasteiger partial charge in [0.25, 0.3) is 0 Å². The second-order valence-corrected chi connectivity index (χ2v) is 7.76. The van der Waals surface area contributed by atoms with E-state index in [9.17, 15) is 9.90 Å². The fourth-order valence-corrected chi connectivity index (χ4v) is 3.28. The van der Waals surface area contributed by atoms with Crippen molar-refractivity contribution in [2.75, 3.05) is 13.1 Å². The summed E-state index contributed by atoms with van der Waals surface area (Å²) in [6, 6.07) is 9.74. The Morgan fingerprint density at radius 3 is 2.52 bits per heavy atom. The molecule has 2 aliphatic heterocycles. The van der Waals surface area contributed by atoms with E-state index < -0.39 is 11.4 Å². The van der Waals surface area contributed by atoms with Gasteiger partial charge < -0.3 is 19.6 Å². The summed E-state index contributed by atoms with van der Waals surface area (Å²) in [5.74, 6) is -1.35. The lowest BCUT2D eigenvalue weighted by Gasteiger charge is -2.38. The SMILES string of the molecule is CC(C)(C)OC(=O)N1CCC([C@@]2(O)CC(c3ccccc3)=NO2)CC1. The topological polar surface area (TPSA) is 71.4 Å². The molecule has 1 aromatic rings. The van der Waals surface area contributed by atoms with Crippen molar-refractivity contribution in [1.82, 2.24) is 4.90 Å². The molecule has 1 fully saturated rings. The smallest absolute Gasteiger partial charge is 0.410 e. The monoisotopic (exact) mass is 346 g/mol. The molecule has 0 aromatic heterocycles. The van der Waals surface area contributed by atoms with Gasteiger partial charge in [0.1, 0.15) is 5.60 Å². The molecule has 1 amide bonds. The van der Waals surface area contributed by atoms with E-state index in [-0.39, 0.29) is 12.0 Å². The van der Waals surface area contributed by atoms with E-state index in [4.69, 9.17) is 9.57 Å². The molecule has 0 aliphatic carbocycles. The van der Waals surface area contributed by atoms with E-state index in [1.165, 1.54) is 0 Å². The van der Waals surface area contributed by atoms with Gasteiger partial charge in [0.2, 0.25) is 5.79 Å². The first kappa shape index (κ1) is 17.7. The number of carbonyl (C=O) groups is 1. The number of benzene rings is 1. The molecule has 6 nitrogen and oxygen atoms in total. The number of likely N-dealkylation sites (tertiary alicyclic amines) is 1. The van der Waals surface area contributed by atoms with Gasteiger partial charge in [-0.05, 0) is 39.2 Å². The number of aliphatic hydroxyl groups is 1. The summed E-state index contributed by atoms with van der Waals surface area (Å²) in [5, 5.41) is 15.0. The van der Waals surface area contributed by atoms with Crippen LogP contribution in [0.1, 0.15) is 45.6 Å². The van der Waals surface area contributed by atoms with Crippen molar-refractivity contribution >= 4 is 11.8 Å². The number of nitrogens with zero attached hydrogens (tertiary/aromatic N) is 2. The molecule has 3 rings (SSSR count). The average Bonchev–Trinajstić information content (AvgIpc) is 2.98. The molecule has 1 aromatic carbocycles. The van der Waals surface area contributed by atoms with Gasteiger partial charge in [-0.3, -0.25) is 0 Å². The zero-order valence-corrected chi connectivity index (χ0v) is 15.1. The molecule has 0 bridgehead atoms. The highest BCUT2D eigenvalue weighted by Gasteiger charge is 2.46. The van der Waals surface area contributed by atoms with Crippen molar-refractivity contribution in [2.45, 2.75) is 51.4 Å². The van der Waals surface area contributed by atoms with Gasteiger partial charge in [-0.25, -0.2) is 4.79 Å². The molecule has 1 atom stereocenters. The van der Waals surface area contributed by atoms with Crippen LogP contribution in [-0.2, 0) is 9.57 Å². The normalized spacial score (nSPS) is 24.6. The molecule has 0 spiro atoms. The minimum Gasteiger partial charge on any atom is -0.444 e. The molecule has 1 N–H and O–H groups in total. The van der Waals surface area contributed by atoms with Crippen molar-refractivity contribution in [3.8, 4) is 0 Å².